The molecule has 1 aromatic heterocycles. The summed E-state index contributed by atoms with van der Waals surface area (Å²) >= 11 is 0. The van der Waals surface area contributed by atoms with Crippen LogP contribution in [0.2, 0.25) is 0 Å². The predicted octanol–water partition coefficient (Wildman–Crippen LogP) is 0.919. The Morgan fingerprint density at radius 2 is 1.94 bits per heavy atom. The van der Waals surface area contributed by atoms with Crippen molar-refractivity contribution in [1.29, 1.82) is 0 Å². The monoisotopic (exact) mass is 227 g/mol. The molecule has 2 N–H and O–H groups in total. The maximum atomic E-state index is 11.5. The molecule has 1 atom stereocenters. The van der Waals surface area contributed by atoms with E-state index in [0.29, 0.717) is 16.9 Å². The lowest BCUT2D eigenvalue weighted by molar-refractivity contribution is 0.218. The third-order valence-corrected chi connectivity index (χ3v) is 2.48. The van der Waals surface area contributed by atoms with Gasteiger partial charge in [-0.1, -0.05) is 12.1 Å². The van der Waals surface area contributed by atoms with Crippen molar-refractivity contribution in [3.05, 3.63) is 64.1 Å². The highest BCUT2D eigenvalue weighted by Gasteiger charge is 2.13. The van der Waals surface area contributed by atoms with Gasteiger partial charge in [0.2, 0.25) is 0 Å². The van der Waals surface area contributed by atoms with Crippen LogP contribution in [0.5, 0.6) is 5.75 Å². The lowest BCUT2D eigenvalue weighted by atomic mass is 10.0. The Balaban J connectivity index is 2.34. The number of nitrogens with one attached hydrogen (secondary N) is 1. The first-order valence-corrected chi connectivity index (χ1v) is 5.04. The fraction of sp³-hybridized carbons (Fsp3) is 0.0833. The fourth-order valence-corrected chi connectivity index (χ4v) is 1.55. The predicted molar refractivity (Wildman–Crippen MR) is 63.9 cm³/mol. The van der Waals surface area contributed by atoms with Crippen molar-refractivity contribution in [3.63, 3.8) is 0 Å². The largest absolute Gasteiger partial charge is 0.568 e. The highest BCUT2D eigenvalue weighted by Crippen LogP contribution is 2.21. The maximum Gasteiger partial charge on any atom is 0.374 e. The molecule has 1 aromatic carbocycles. The number of aromatic amines is 1. The fourth-order valence-electron chi connectivity index (χ4n) is 1.55. The molecule has 2 rings (SSSR count). The van der Waals surface area contributed by atoms with Gasteiger partial charge in [0.1, 0.15) is 6.10 Å². The number of aliphatic hydroxyl groups is 1. The second-order valence-electron chi connectivity index (χ2n) is 3.55. The van der Waals surface area contributed by atoms with E-state index in [2.05, 4.69) is 9.64 Å². The van der Waals surface area contributed by atoms with Crippen LogP contribution in [0.25, 0.3) is 0 Å². The Hall–Kier alpha value is -2.01. The molecule has 0 aliphatic heterocycles. The summed E-state index contributed by atoms with van der Waals surface area (Å²) < 4.78 is 4.53. The van der Waals surface area contributed by atoms with Crippen molar-refractivity contribution in [2.24, 2.45) is 0 Å². The van der Waals surface area contributed by atoms with E-state index < -0.39 is 6.10 Å². The zero-order valence-corrected chi connectivity index (χ0v) is 8.96. The van der Waals surface area contributed by atoms with Crippen LogP contribution in [-0.2, 0) is 0 Å². The molecule has 1 heterocycles. The minimum atomic E-state index is -0.966. The average molecular weight is 227 g/mol. The summed E-state index contributed by atoms with van der Waals surface area (Å²) in [5, 5.41) is 10.0. The Morgan fingerprint density at radius 3 is 2.53 bits per heavy atom. The van der Waals surface area contributed by atoms with Gasteiger partial charge in [-0.3, -0.25) is 4.79 Å². The van der Waals surface area contributed by atoms with E-state index in [0.717, 1.165) is 0 Å². The molecule has 2 radical (unpaired) electrons. The number of aliphatic hydroxyl groups excluding tert-OH is 1. The third kappa shape index (κ3) is 2.40. The van der Waals surface area contributed by atoms with Crippen LogP contribution in [-0.4, -0.2) is 18.1 Å². The van der Waals surface area contributed by atoms with Crippen molar-refractivity contribution >= 4 is 8.05 Å². The molecule has 0 fully saturated rings. The number of aromatic nitrogens is 1. The van der Waals surface area contributed by atoms with E-state index in [-0.39, 0.29) is 5.43 Å². The SMILES string of the molecule is [B]Oc1ccc(C(O)c2c[nH]ccc2=O)cc1. The van der Waals surface area contributed by atoms with Gasteiger partial charge in [0.15, 0.2) is 5.43 Å². The van der Waals surface area contributed by atoms with Gasteiger partial charge < -0.3 is 14.7 Å². The number of rotatable bonds is 3. The minimum Gasteiger partial charge on any atom is -0.568 e. The lowest BCUT2D eigenvalue weighted by Gasteiger charge is -2.10. The molecule has 2 aromatic rings. The molecule has 1 unspecified atom stereocenters. The standard InChI is InChI=1S/C12H10BNO3/c13-17-9-3-1-8(2-4-9)12(16)10-7-14-6-5-11(10)15/h1-7,12,16H,(H,14,15). The molecular weight excluding hydrogens is 217 g/mol. The van der Waals surface area contributed by atoms with E-state index in [9.17, 15) is 9.90 Å². The highest BCUT2D eigenvalue weighted by atomic mass is 16.4. The van der Waals surface area contributed by atoms with Crippen molar-refractivity contribution in [1.82, 2.24) is 4.98 Å². The number of hydrogen-bond acceptors (Lipinski definition) is 3. The van der Waals surface area contributed by atoms with Gasteiger partial charge in [-0.15, -0.1) is 0 Å². The molecule has 0 saturated carbocycles. The van der Waals surface area contributed by atoms with E-state index >= 15 is 0 Å². The molecule has 17 heavy (non-hydrogen) atoms. The first-order chi connectivity index (χ1) is 8.22. The Labute approximate surface area is 99.3 Å². The zero-order chi connectivity index (χ0) is 12.3. The van der Waals surface area contributed by atoms with E-state index in [1.54, 1.807) is 24.3 Å². The maximum absolute atomic E-state index is 11.5. The van der Waals surface area contributed by atoms with Crippen molar-refractivity contribution in [2.75, 3.05) is 0 Å². The summed E-state index contributed by atoms with van der Waals surface area (Å²) in [6.45, 7) is 0. The molecule has 0 aliphatic carbocycles. The van der Waals surface area contributed by atoms with Gasteiger partial charge in [-0.25, -0.2) is 0 Å². The molecule has 0 spiro atoms. The normalized spacial score (nSPS) is 12.1. The average Bonchev–Trinajstić information content (AvgIpc) is 2.39. The first kappa shape index (κ1) is 11.5. The van der Waals surface area contributed by atoms with Crippen LogP contribution in [0.1, 0.15) is 17.2 Å². The van der Waals surface area contributed by atoms with Crippen molar-refractivity contribution in [3.8, 4) is 5.75 Å². The Morgan fingerprint density at radius 1 is 1.24 bits per heavy atom. The van der Waals surface area contributed by atoms with Gasteiger partial charge in [-0.05, 0) is 17.7 Å². The highest BCUT2D eigenvalue weighted by molar-refractivity contribution is 5.99. The summed E-state index contributed by atoms with van der Waals surface area (Å²) in [6, 6.07) is 7.92. The molecule has 84 valence electrons. The molecule has 0 amide bonds. The lowest BCUT2D eigenvalue weighted by Crippen LogP contribution is -2.13. The van der Waals surface area contributed by atoms with Gasteiger partial charge in [0.25, 0.3) is 0 Å². The topological polar surface area (TPSA) is 62.3 Å². The number of benzene rings is 1. The van der Waals surface area contributed by atoms with Gasteiger partial charge in [0.05, 0.1) is 5.75 Å². The number of hydrogen-bond donors (Lipinski definition) is 2. The molecular formula is C12H10BNO3. The number of pyridine rings is 1. The van der Waals surface area contributed by atoms with E-state index in [4.69, 9.17) is 8.05 Å². The molecule has 5 heteroatoms. The van der Waals surface area contributed by atoms with E-state index in [1.165, 1.54) is 18.5 Å². The second-order valence-corrected chi connectivity index (χ2v) is 3.55. The van der Waals surface area contributed by atoms with Crippen LogP contribution in [0, 0.1) is 0 Å². The minimum absolute atomic E-state index is 0.213. The summed E-state index contributed by atoms with van der Waals surface area (Å²) in [7, 11) is 4.99. The quantitative estimate of drug-likeness (QED) is 0.766. The number of H-pyrrole nitrogens is 1. The molecule has 0 bridgehead atoms. The molecule has 4 nitrogen and oxygen atoms in total. The Kier molecular flexibility index (Phi) is 3.30. The van der Waals surface area contributed by atoms with Crippen LogP contribution >= 0.6 is 0 Å². The van der Waals surface area contributed by atoms with Crippen LogP contribution in [0.4, 0.5) is 0 Å². The molecule has 0 saturated heterocycles. The smallest absolute Gasteiger partial charge is 0.374 e. The molecule has 0 aliphatic rings. The van der Waals surface area contributed by atoms with Crippen molar-refractivity contribution in [2.45, 2.75) is 6.10 Å². The summed E-state index contributed by atoms with van der Waals surface area (Å²) in [5.41, 5.74) is 0.687. The first-order valence-electron chi connectivity index (χ1n) is 5.04. The summed E-state index contributed by atoms with van der Waals surface area (Å²) in [6.07, 6.45) is 2.04. The zero-order valence-electron chi connectivity index (χ0n) is 8.96. The third-order valence-electron chi connectivity index (χ3n) is 2.48. The van der Waals surface area contributed by atoms with Gasteiger partial charge in [0, 0.05) is 24.0 Å². The van der Waals surface area contributed by atoms with E-state index in [1.807, 2.05) is 0 Å². The Bertz CT molecular complexity index is 550. The summed E-state index contributed by atoms with van der Waals surface area (Å²) in [4.78, 5) is 14.3. The van der Waals surface area contributed by atoms with Crippen LogP contribution in [0.3, 0.4) is 0 Å². The van der Waals surface area contributed by atoms with Crippen LogP contribution < -0.4 is 10.1 Å². The second kappa shape index (κ2) is 4.89. The van der Waals surface area contributed by atoms with Gasteiger partial charge in [-0.2, -0.15) is 0 Å². The van der Waals surface area contributed by atoms with Gasteiger partial charge >= 0.3 is 8.05 Å². The summed E-state index contributed by atoms with van der Waals surface area (Å²) in [5.74, 6) is 0.489. The van der Waals surface area contributed by atoms with Crippen molar-refractivity contribution < 1.29 is 9.76 Å². The van der Waals surface area contributed by atoms with Crippen LogP contribution in [0.15, 0.2) is 47.5 Å².